The molecule has 4 atom stereocenters. The summed E-state index contributed by atoms with van der Waals surface area (Å²) in [5, 5.41) is 26.9. The van der Waals surface area contributed by atoms with Crippen molar-refractivity contribution in [3.8, 4) is 0 Å². The zero-order chi connectivity index (χ0) is 10.4. The van der Waals surface area contributed by atoms with Crippen LogP contribution in [0.4, 0.5) is 0 Å². The Kier molecular flexibility index (Phi) is 6.19. The minimum absolute atomic E-state index is 0.439. The third-order valence-corrected chi connectivity index (χ3v) is 1.76. The summed E-state index contributed by atoms with van der Waals surface area (Å²) in [6.07, 6.45) is -3.10. The van der Waals surface area contributed by atoms with Crippen LogP contribution in [0.15, 0.2) is 0 Å². The molecule has 0 aromatic heterocycles. The molecule has 0 bridgehead atoms. The van der Waals surface area contributed by atoms with E-state index in [0.717, 1.165) is 0 Å². The van der Waals surface area contributed by atoms with Gasteiger partial charge in [0.05, 0.1) is 18.8 Å². The van der Waals surface area contributed by atoms with Crippen LogP contribution in [0.3, 0.4) is 0 Å². The molecule has 0 aliphatic rings. The summed E-state index contributed by atoms with van der Waals surface area (Å²) in [6.45, 7) is 2.79. The number of hydrogen-bond donors (Lipinski definition) is 3. The topological polar surface area (TPSA) is 79.2 Å². The fourth-order valence-corrected chi connectivity index (χ4v) is 0.715. The highest BCUT2D eigenvalue weighted by Gasteiger charge is 2.22. The van der Waals surface area contributed by atoms with Gasteiger partial charge in [-0.3, -0.25) is 0 Å². The van der Waals surface area contributed by atoms with Crippen LogP contribution in [0, 0.1) is 0 Å². The molecule has 0 saturated carbocycles. The smallest absolute Gasteiger partial charge is 0.185 e. The largest absolute Gasteiger partial charge is 0.393 e. The Morgan fingerprint density at radius 1 is 1.23 bits per heavy atom. The fraction of sp³-hybridized carbons (Fsp3) is 1.00. The maximum atomic E-state index is 9.17. The van der Waals surface area contributed by atoms with Gasteiger partial charge in [-0.05, 0) is 13.8 Å². The molecule has 0 heterocycles. The van der Waals surface area contributed by atoms with Crippen molar-refractivity contribution in [3.63, 3.8) is 0 Å². The van der Waals surface area contributed by atoms with Crippen LogP contribution in [0.5, 0.6) is 0 Å². The Morgan fingerprint density at radius 2 is 1.77 bits per heavy atom. The summed E-state index contributed by atoms with van der Waals surface area (Å²) >= 11 is 0. The molecule has 0 radical (unpaired) electrons. The van der Waals surface area contributed by atoms with E-state index in [4.69, 9.17) is 24.8 Å². The monoisotopic (exact) mass is 194 g/mol. The molecule has 5 nitrogen and oxygen atoms in total. The molecule has 0 rings (SSSR count). The van der Waals surface area contributed by atoms with Gasteiger partial charge in [-0.2, -0.15) is 0 Å². The van der Waals surface area contributed by atoms with E-state index in [1.165, 1.54) is 7.11 Å². The van der Waals surface area contributed by atoms with Crippen molar-refractivity contribution in [2.45, 2.75) is 38.4 Å². The molecule has 0 amide bonds. The molecule has 5 heteroatoms. The van der Waals surface area contributed by atoms with Gasteiger partial charge in [-0.15, -0.1) is 0 Å². The second-order valence-corrected chi connectivity index (χ2v) is 2.94. The number of methoxy groups -OCH3 is 1. The molecule has 3 N–H and O–H groups in total. The second-order valence-electron chi connectivity index (χ2n) is 2.94. The lowest BCUT2D eigenvalue weighted by Gasteiger charge is -2.25. The van der Waals surface area contributed by atoms with Crippen molar-refractivity contribution in [2.24, 2.45) is 0 Å². The van der Waals surface area contributed by atoms with E-state index in [-0.39, 0.29) is 0 Å². The predicted molar refractivity (Wildman–Crippen MR) is 46.1 cm³/mol. The van der Waals surface area contributed by atoms with E-state index in [1.54, 1.807) is 13.8 Å². The van der Waals surface area contributed by atoms with Crippen LogP contribution in [0.2, 0.25) is 0 Å². The average Bonchev–Trinajstić information content (AvgIpc) is 2.12. The molecule has 0 spiro atoms. The summed E-state index contributed by atoms with van der Waals surface area (Å²) < 4.78 is 9.91. The van der Waals surface area contributed by atoms with E-state index in [9.17, 15) is 0 Å². The third kappa shape index (κ3) is 4.54. The number of hydrogen-bond acceptors (Lipinski definition) is 5. The standard InChI is InChI=1S/C8H18O5/c1-5(10)6(2)13-8(12-3)7(11)4-9/h5-11H,4H2,1-3H3. The summed E-state index contributed by atoms with van der Waals surface area (Å²) in [5.41, 5.74) is 0. The van der Waals surface area contributed by atoms with Gasteiger partial charge >= 0.3 is 0 Å². The maximum Gasteiger partial charge on any atom is 0.185 e. The van der Waals surface area contributed by atoms with Gasteiger partial charge in [0.25, 0.3) is 0 Å². The van der Waals surface area contributed by atoms with Crippen molar-refractivity contribution >= 4 is 0 Å². The Labute approximate surface area is 77.9 Å². The number of aliphatic hydroxyl groups is 3. The lowest BCUT2D eigenvalue weighted by Crippen LogP contribution is -2.38. The molecule has 80 valence electrons. The molecule has 0 aliphatic heterocycles. The van der Waals surface area contributed by atoms with Crippen LogP contribution in [0.1, 0.15) is 13.8 Å². The Balaban J connectivity index is 3.97. The van der Waals surface area contributed by atoms with E-state index in [2.05, 4.69) is 0 Å². The minimum atomic E-state index is -1.09. The van der Waals surface area contributed by atoms with Gasteiger partial charge < -0.3 is 24.8 Å². The molecule has 0 aromatic carbocycles. The van der Waals surface area contributed by atoms with Crippen LogP contribution in [-0.2, 0) is 9.47 Å². The first-order valence-corrected chi connectivity index (χ1v) is 4.18. The Bertz CT molecular complexity index is 128. The molecule has 13 heavy (non-hydrogen) atoms. The molecule has 4 unspecified atom stereocenters. The van der Waals surface area contributed by atoms with Crippen LogP contribution >= 0.6 is 0 Å². The summed E-state index contributed by atoms with van der Waals surface area (Å²) in [6, 6.07) is 0. The van der Waals surface area contributed by atoms with E-state index in [1.807, 2.05) is 0 Å². The molecule has 0 fully saturated rings. The van der Waals surface area contributed by atoms with Crippen LogP contribution in [0.25, 0.3) is 0 Å². The lowest BCUT2D eigenvalue weighted by atomic mass is 10.2. The molecule has 0 aliphatic carbocycles. The van der Waals surface area contributed by atoms with Crippen molar-refractivity contribution in [1.82, 2.24) is 0 Å². The highest BCUT2D eigenvalue weighted by Crippen LogP contribution is 2.07. The SMILES string of the molecule is COC(OC(C)C(C)O)C(O)CO. The first kappa shape index (κ1) is 12.8. The van der Waals surface area contributed by atoms with Gasteiger partial charge in [-0.1, -0.05) is 0 Å². The zero-order valence-corrected chi connectivity index (χ0v) is 8.17. The summed E-state index contributed by atoms with van der Waals surface area (Å²) in [5.74, 6) is 0. The van der Waals surface area contributed by atoms with Crippen LogP contribution in [-0.4, -0.2) is 53.6 Å². The number of aliphatic hydroxyl groups excluding tert-OH is 3. The van der Waals surface area contributed by atoms with Crippen LogP contribution < -0.4 is 0 Å². The second kappa shape index (κ2) is 6.28. The summed E-state index contributed by atoms with van der Waals surface area (Å²) in [7, 11) is 1.36. The minimum Gasteiger partial charge on any atom is -0.393 e. The van der Waals surface area contributed by atoms with E-state index in [0.29, 0.717) is 0 Å². The number of ether oxygens (including phenoxy) is 2. The highest BCUT2D eigenvalue weighted by molar-refractivity contribution is 4.63. The lowest BCUT2D eigenvalue weighted by molar-refractivity contribution is -0.220. The van der Waals surface area contributed by atoms with Gasteiger partial charge in [-0.25, -0.2) is 0 Å². The summed E-state index contributed by atoms with van der Waals surface area (Å²) in [4.78, 5) is 0. The maximum absolute atomic E-state index is 9.17. The first-order valence-electron chi connectivity index (χ1n) is 4.18. The Morgan fingerprint density at radius 3 is 2.08 bits per heavy atom. The quantitative estimate of drug-likeness (QED) is 0.477. The molecule has 0 aromatic rings. The van der Waals surface area contributed by atoms with Gasteiger partial charge in [0.15, 0.2) is 6.29 Å². The van der Waals surface area contributed by atoms with E-state index >= 15 is 0 Å². The van der Waals surface area contributed by atoms with Crippen molar-refractivity contribution in [1.29, 1.82) is 0 Å². The predicted octanol–water partition coefficient (Wildman–Crippen LogP) is -0.902. The zero-order valence-electron chi connectivity index (χ0n) is 8.17. The molecular weight excluding hydrogens is 176 g/mol. The van der Waals surface area contributed by atoms with Crippen molar-refractivity contribution in [2.75, 3.05) is 13.7 Å². The molecule has 0 saturated heterocycles. The van der Waals surface area contributed by atoms with Gasteiger partial charge in [0, 0.05) is 7.11 Å². The van der Waals surface area contributed by atoms with Gasteiger partial charge in [0.1, 0.15) is 6.10 Å². The highest BCUT2D eigenvalue weighted by atomic mass is 16.7. The fourth-order valence-electron chi connectivity index (χ4n) is 0.715. The van der Waals surface area contributed by atoms with E-state index < -0.39 is 31.2 Å². The average molecular weight is 194 g/mol. The van der Waals surface area contributed by atoms with Crippen molar-refractivity contribution < 1.29 is 24.8 Å². The van der Waals surface area contributed by atoms with Crippen molar-refractivity contribution in [3.05, 3.63) is 0 Å². The normalized spacial score (nSPS) is 20.8. The first-order chi connectivity index (χ1) is 6.02. The number of rotatable bonds is 6. The van der Waals surface area contributed by atoms with Gasteiger partial charge in [0.2, 0.25) is 0 Å². The molecular formula is C8H18O5. The third-order valence-electron chi connectivity index (χ3n) is 1.76. The Hall–Kier alpha value is -0.200.